The lowest BCUT2D eigenvalue weighted by Crippen LogP contribution is -2.51. The number of piperidine rings is 1. The van der Waals surface area contributed by atoms with Crippen LogP contribution in [0.4, 0.5) is 5.69 Å². The Labute approximate surface area is 155 Å². The number of hydrogen-bond donors (Lipinski definition) is 2. The third kappa shape index (κ3) is 5.29. The van der Waals surface area contributed by atoms with Crippen molar-refractivity contribution < 1.29 is 14.3 Å². The fraction of sp³-hybridized carbons (Fsp3) is 0.600. The molecule has 2 heterocycles. The summed E-state index contributed by atoms with van der Waals surface area (Å²) in [4.78, 5) is 26.5. The van der Waals surface area contributed by atoms with E-state index in [0.717, 1.165) is 50.1 Å². The second-order valence-corrected chi connectivity index (χ2v) is 7.29. The van der Waals surface area contributed by atoms with Gasteiger partial charge in [-0.3, -0.25) is 9.59 Å². The number of carbonyl (C=O) groups excluding carboxylic acids is 2. The average Bonchev–Trinajstić information content (AvgIpc) is 2.67. The maximum absolute atomic E-state index is 12.5. The van der Waals surface area contributed by atoms with Crippen molar-refractivity contribution in [1.29, 1.82) is 0 Å². The van der Waals surface area contributed by atoms with E-state index in [1.54, 1.807) is 0 Å². The lowest BCUT2D eigenvalue weighted by molar-refractivity contribution is -0.146. The van der Waals surface area contributed by atoms with Crippen LogP contribution in [0.2, 0.25) is 0 Å². The maximum Gasteiger partial charge on any atom is 0.253 e. The molecular weight excluding hydrogens is 330 g/mol. The van der Waals surface area contributed by atoms with Crippen LogP contribution in [0, 0.1) is 12.8 Å². The third-order valence-corrected chi connectivity index (χ3v) is 5.21. The number of aryl methyl sites for hydroxylation is 1. The van der Waals surface area contributed by atoms with Gasteiger partial charge < -0.3 is 20.3 Å². The first kappa shape index (κ1) is 18.9. The standard InChI is InChI=1S/C20H29N3O3/c1-15-3-2-4-17(13-15)22-19(24)6-5-16-7-10-23(11-8-16)20(25)18-14-21-9-12-26-18/h2-4,13,16,18,21H,5-12,14H2,1H3,(H,22,24)/t18-/m1/s1. The molecule has 2 aliphatic heterocycles. The van der Waals surface area contributed by atoms with Crippen molar-refractivity contribution in [3.05, 3.63) is 29.8 Å². The zero-order chi connectivity index (χ0) is 18.4. The summed E-state index contributed by atoms with van der Waals surface area (Å²) >= 11 is 0. The van der Waals surface area contributed by atoms with Gasteiger partial charge in [0, 0.05) is 38.3 Å². The topological polar surface area (TPSA) is 70.7 Å². The van der Waals surface area contributed by atoms with Crippen LogP contribution >= 0.6 is 0 Å². The number of rotatable bonds is 5. The van der Waals surface area contributed by atoms with Crippen LogP contribution in [-0.4, -0.2) is 55.6 Å². The molecule has 0 spiro atoms. The van der Waals surface area contributed by atoms with E-state index in [0.29, 0.717) is 25.5 Å². The summed E-state index contributed by atoms with van der Waals surface area (Å²) in [6.45, 7) is 5.57. The van der Waals surface area contributed by atoms with Gasteiger partial charge in [-0.25, -0.2) is 0 Å². The number of anilines is 1. The summed E-state index contributed by atoms with van der Waals surface area (Å²) in [5.41, 5.74) is 1.99. The lowest BCUT2D eigenvalue weighted by Gasteiger charge is -2.35. The van der Waals surface area contributed by atoms with Crippen LogP contribution < -0.4 is 10.6 Å². The number of nitrogens with zero attached hydrogens (tertiary/aromatic N) is 1. The van der Waals surface area contributed by atoms with Crippen LogP contribution in [0.3, 0.4) is 0 Å². The van der Waals surface area contributed by atoms with E-state index in [2.05, 4.69) is 10.6 Å². The van der Waals surface area contributed by atoms with Crippen molar-refractivity contribution in [2.75, 3.05) is 38.1 Å². The molecule has 6 heteroatoms. The van der Waals surface area contributed by atoms with E-state index >= 15 is 0 Å². The van der Waals surface area contributed by atoms with Crippen LogP contribution in [0.5, 0.6) is 0 Å². The highest BCUT2D eigenvalue weighted by Crippen LogP contribution is 2.23. The first-order valence-corrected chi connectivity index (χ1v) is 9.59. The van der Waals surface area contributed by atoms with Crippen molar-refractivity contribution in [2.24, 2.45) is 5.92 Å². The minimum absolute atomic E-state index is 0.0655. The Morgan fingerprint density at radius 3 is 2.81 bits per heavy atom. The molecule has 6 nitrogen and oxygen atoms in total. The van der Waals surface area contributed by atoms with Crippen LogP contribution in [0.15, 0.2) is 24.3 Å². The normalized spacial score (nSPS) is 21.4. The highest BCUT2D eigenvalue weighted by atomic mass is 16.5. The third-order valence-electron chi connectivity index (χ3n) is 5.21. The van der Waals surface area contributed by atoms with E-state index in [1.807, 2.05) is 36.1 Å². The Morgan fingerprint density at radius 1 is 1.31 bits per heavy atom. The fourth-order valence-corrected chi connectivity index (χ4v) is 3.65. The summed E-state index contributed by atoms with van der Waals surface area (Å²) in [5.74, 6) is 0.677. The van der Waals surface area contributed by atoms with Crippen molar-refractivity contribution in [3.63, 3.8) is 0 Å². The molecule has 0 aromatic heterocycles. The lowest BCUT2D eigenvalue weighted by atomic mass is 9.91. The summed E-state index contributed by atoms with van der Waals surface area (Å²) in [7, 11) is 0. The Hall–Kier alpha value is -1.92. The fourth-order valence-electron chi connectivity index (χ4n) is 3.65. The van der Waals surface area contributed by atoms with Crippen molar-refractivity contribution in [2.45, 2.75) is 38.7 Å². The molecule has 2 saturated heterocycles. The van der Waals surface area contributed by atoms with Crippen LogP contribution in [0.1, 0.15) is 31.2 Å². The van der Waals surface area contributed by atoms with Gasteiger partial charge >= 0.3 is 0 Å². The maximum atomic E-state index is 12.5. The smallest absolute Gasteiger partial charge is 0.253 e. The van der Waals surface area contributed by atoms with Gasteiger partial charge in [0.2, 0.25) is 5.91 Å². The Morgan fingerprint density at radius 2 is 2.12 bits per heavy atom. The molecule has 0 radical (unpaired) electrons. The number of carbonyl (C=O) groups is 2. The van der Waals surface area contributed by atoms with E-state index in [4.69, 9.17) is 4.74 Å². The molecule has 1 atom stereocenters. The number of nitrogens with one attached hydrogen (secondary N) is 2. The Balaban J connectivity index is 1.37. The Bertz CT molecular complexity index is 620. The molecule has 2 N–H and O–H groups in total. The SMILES string of the molecule is Cc1cccc(NC(=O)CCC2CCN(C(=O)[C@H]3CNCCO3)CC2)c1. The quantitative estimate of drug-likeness (QED) is 0.843. The van der Waals surface area contributed by atoms with Gasteiger partial charge in [0.1, 0.15) is 6.10 Å². The van der Waals surface area contributed by atoms with Gasteiger partial charge in [-0.15, -0.1) is 0 Å². The van der Waals surface area contributed by atoms with Gasteiger partial charge in [-0.05, 0) is 49.8 Å². The Kier molecular flexibility index (Phi) is 6.63. The predicted molar refractivity (Wildman–Crippen MR) is 101 cm³/mol. The first-order chi connectivity index (χ1) is 12.6. The van der Waals surface area contributed by atoms with Crippen LogP contribution in [0.25, 0.3) is 0 Å². The molecule has 2 amide bonds. The first-order valence-electron chi connectivity index (χ1n) is 9.59. The zero-order valence-corrected chi connectivity index (χ0v) is 15.5. The molecule has 26 heavy (non-hydrogen) atoms. The van der Waals surface area contributed by atoms with Gasteiger partial charge in [0.05, 0.1) is 6.61 Å². The number of hydrogen-bond acceptors (Lipinski definition) is 4. The number of morpholine rings is 1. The van der Waals surface area contributed by atoms with Gasteiger partial charge in [0.15, 0.2) is 0 Å². The van der Waals surface area contributed by atoms with Gasteiger partial charge in [0.25, 0.3) is 5.91 Å². The second kappa shape index (κ2) is 9.14. The molecule has 1 aromatic rings. The summed E-state index contributed by atoms with van der Waals surface area (Å²) in [6.07, 6.45) is 3.00. The van der Waals surface area contributed by atoms with Gasteiger partial charge in [-0.1, -0.05) is 12.1 Å². The summed E-state index contributed by atoms with van der Waals surface area (Å²) in [6, 6.07) is 7.85. The molecule has 0 aliphatic carbocycles. The number of ether oxygens (including phenoxy) is 1. The molecule has 1 aromatic carbocycles. The molecule has 3 rings (SSSR count). The van der Waals surface area contributed by atoms with E-state index in [9.17, 15) is 9.59 Å². The largest absolute Gasteiger partial charge is 0.366 e. The number of likely N-dealkylation sites (tertiary alicyclic amines) is 1. The second-order valence-electron chi connectivity index (χ2n) is 7.29. The van der Waals surface area contributed by atoms with Crippen molar-refractivity contribution in [3.8, 4) is 0 Å². The molecule has 0 bridgehead atoms. The average molecular weight is 359 g/mol. The minimum atomic E-state index is -0.333. The van der Waals surface area contributed by atoms with Gasteiger partial charge in [-0.2, -0.15) is 0 Å². The summed E-state index contributed by atoms with van der Waals surface area (Å²) < 4.78 is 5.56. The predicted octanol–water partition coefficient (Wildman–Crippen LogP) is 1.94. The molecule has 0 saturated carbocycles. The van der Waals surface area contributed by atoms with E-state index in [1.165, 1.54) is 0 Å². The highest BCUT2D eigenvalue weighted by Gasteiger charge is 2.29. The molecule has 2 aliphatic rings. The molecule has 0 unspecified atom stereocenters. The molecule has 142 valence electrons. The monoisotopic (exact) mass is 359 g/mol. The zero-order valence-electron chi connectivity index (χ0n) is 15.5. The van der Waals surface area contributed by atoms with Crippen molar-refractivity contribution >= 4 is 17.5 Å². The molecular formula is C20H29N3O3. The number of benzene rings is 1. The summed E-state index contributed by atoms with van der Waals surface area (Å²) in [5, 5.41) is 6.17. The minimum Gasteiger partial charge on any atom is -0.366 e. The van der Waals surface area contributed by atoms with Crippen molar-refractivity contribution in [1.82, 2.24) is 10.2 Å². The van der Waals surface area contributed by atoms with E-state index in [-0.39, 0.29) is 17.9 Å². The highest BCUT2D eigenvalue weighted by molar-refractivity contribution is 5.90. The van der Waals surface area contributed by atoms with Crippen LogP contribution in [-0.2, 0) is 14.3 Å². The number of amides is 2. The van der Waals surface area contributed by atoms with E-state index < -0.39 is 0 Å². The molecule has 2 fully saturated rings.